The number of piperidine rings is 1. The number of benzene rings is 1. The summed E-state index contributed by atoms with van der Waals surface area (Å²) < 4.78 is 11.3. The molecule has 7 nitrogen and oxygen atoms in total. The van der Waals surface area contributed by atoms with Crippen molar-refractivity contribution in [3.63, 3.8) is 0 Å². The molecule has 1 fully saturated rings. The summed E-state index contributed by atoms with van der Waals surface area (Å²) in [5.74, 6) is 3.36. The molecule has 1 saturated heterocycles. The number of fused-ring (bicyclic) bond motifs is 1. The van der Waals surface area contributed by atoms with Crippen LogP contribution in [0.1, 0.15) is 18.4 Å². The minimum Gasteiger partial charge on any atom is -0.486 e. The second kappa shape index (κ2) is 8.00. The van der Waals surface area contributed by atoms with Crippen LogP contribution >= 0.6 is 0 Å². The summed E-state index contributed by atoms with van der Waals surface area (Å²) in [6.45, 7) is 4.35. The number of likely N-dealkylation sites (tertiary alicyclic amines) is 1. The molecular formula is C20H27N5O2. The Balaban J connectivity index is 1.29. The molecule has 2 aromatic rings. The van der Waals surface area contributed by atoms with Crippen LogP contribution in [-0.2, 0) is 6.54 Å². The molecule has 1 aromatic carbocycles. The molecule has 4 rings (SSSR count). The van der Waals surface area contributed by atoms with E-state index in [-0.39, 0.29) is 0 Å². The van der Waals surface area contributed by atoms with Gasteiger partial charge in [0.2, 0.25) is 5.95 Å². The van der Waals surface area contributed by atoms with Gasteiger partial charge in [-0.2, -0.15) is 4.98 Å². The summed E-state index contributed by atoms with van der Waals surface area (Å²) in [5.41, 5.74) is 1.28. The van der Waals surface area contributed by atoms with E-state index in [1.807, 2.05) is 37.3 Å². The van der Waals surface area contributed by atoms with Crippen molar-refractivity contribution in [3.8, 4) is 11.5 Å². The van der Waals surface area contributed by atoms with Gasteiger partial charge < -0.3 is 19.7 Å². The minimum atomic E-state index is 0.450. The van der Waals surface area contributed by atoms with E-state index in [0.717, 1.165) is 55.7 Å². The fourth-order valence-corrected chi connectivity index (χ4v) is 3.53. The van der Waals surface area contributed by atoms with Gasteiger partial charge in [0.1, 0.15) is 19.0 Å². The standard InChI is InChI=1S/C20H27N5O2/c1-24(2)20-21-8-5-19(23-20)22-16-6-9-25(10-7-16)14-15-3-4-17-18(13-15)27-12-11-26-17/h3-5,8,13,16H,6-7,9-12,14H2,1-2H3,(H,21,22,23). The molecule has 0 aliphatic carbocycles. The van der Waals surface area contributed by atoms with Crippen LogP contribution in [0, 0.1) is 0 Å². The maximum atomic E-state index is 5.69. The molecule has 0 bridgehead atoms. The Morgan fingerprint density at radius 1 is 1.11 bits per heavy atom. The normalized spacial score (nSPS) is 17.6. The third kappa shape index (κ3) is 4.42. The lowest BCUT2D eigenvalue weighted by atomic mass is 10.0. The number of ether oxygens (including phenoxy) is 2. The molecule has 0 saturated carbocycles. The highest BCUT2D eigenvalue weighted by Crippen LogP contribution is 2.31. The lowest BCUT2D eigenvalue weighted by molar-refractivity contribution is 0.170. The average Bonchev–Trinajstić information content (AvgIpc) is 2.70. The topological polar surface area (TPSA) is 62.8 Å². The number of hydrogen-bond acceptors (Lipinski definition) is 7. The van der Waals surface area contributed by atoms with Crippen molar-refractivity contribution in [1.29, 1.82) is 0 Å². The Kier molecular flexibility index (Phi) is 5.29. The van der Waals surface area contributed by atoms with Crippen molar-refractivity contribution in [3.05, 3.63) is 36.0 Å². The van der Waals surface area contributed by atoms with Gasteiger partial charge in [0, 0.05) is 46.0 Å². The second-order valence-corrected chi connectivity index (χ2v) is 7.31. The van der Waals surface area contributed by atoms with E-state index in [1.54, 1.807) is 0 Å². The summed E-state index contributed by atoms with van der Waals surface area (Å²) in [5, 5.41) is 3.56. The highest BCUT2D eigenvalue weighted by atomic mass is 16.6. The van der Waals surface area contributed by atoms with Crippen LogP contribution in [0.15, 0.2) is 30.5 Å². The van der Waals surface area contributed by atoms with Crippen molar-refractivity contribution in [1.82, 2.24) is 14.9 Å². The first-order chi connectivity index (χ1) is 13.2. The first-order valence-corrected chi connectivity index (χ1v) is 9.55. The summed E-state index contributed by atoms with van der Waals surface area (Å²) in [6.07, 6.45) is 4.01. The monoisotopic (exact) mass is 369 g/mol. The van der Waals surface area contributed by atoms with Crippen molar-refractivity contribution < 1.29 is 9.47 Å². The SMILES string of the molecule is CN(C)c1nccc(NC2CCN(Cc3ccc4c(c3)OCCO4)CC2)n1. The molecule has 7 heteroatoms. The van der Waals surface area contributed by atoms with Crippen LogP contribution in [0.2, 0.25) is 0 Å². The molecule has 0 spiro atoms. The smallest absolute Gasteiger partial charge is 0.226 e. The zero-order chi connectivity index (χ0) is 18.6. The molecule has 144 valence electrons. The highest BCUT2D eigenvalue weighted by Gasteiger charge is 2.20. The lowest BCUT2D eigenvalue weighted by Crippen LogP contribution is -2.38. The number of nitrogens with one attached hydrogen (secondary N) is 1. The fourth-order valence-electron chi connectivity index (χ4n) is 3.53. The van der Waals surface area contributed by atoms with Gasteiger partial charge >= 0.3 is 0 Å². The Hall–Kier alpha value is -2.54. The van der Waals surface area contributed by atoms with E-state index in [2.05, 4.69) is 32.3 Å². The zero-order valence-corrected chi connectivity index (χ0v) is 16.0. The molecule has 2 aliphatic heterocycles. The van der Waals surface area contributed by atoms with Crippen LogP contribution < -0.4 is 19.7 Å². The minimum absolute atomic E-state index is 0.450. The number of anilines is 2. The quantitative estimate of drug-likeness (QED) is 0.868. The van der Waals surface area contributed by atoms with E-state index in [0.29, 0.717) is 19.3 Å². The van der Waals surface area contributed by atoms with Crippen LogP contribution in [0.3, 0.4) is 0 Å². The van der Waals surface area contributed by atoms with E-state index in [1.165, 1.54) is 5.56 Å². The fraction of sp³-hybridized carbons (Fsp3) is 0.500. The summed E-state index contributed by atoms with van der Waals surface area (Å²) >= 11 is 0. The summed E-state index contributed by atoms with van der Waals surface area (Å²) in [4.78, 5) is 13.2. The van der Waals surface area contributed by atoms with Crippen LogP contribution in [0.25, 0.3) is 0 Å². The maximum absolute atomic E-state index is 5.69. The third-order valence-corrected chi connectivity index (χ3v) is 5.00. The zero-order valence-electron chi connectivity index (χ0n) is 16.0. The number of nitrogens with zero attached hydrogens (tertiary/aromatic N) is 4. The predicted molar refractivity (Wildman–Crippen MR) is 106 cm³/mol. The van der Waals surface area contributed by atoms with Gasteiger partial charge in [0.05, 0.1) is 0 Å². The van der Waals surface area contributed by atoms with Crippen molar-refractivity contribution >= 4 is 11.8 Å². The number of rotatable bonds is 5. The van der Waals surface area contributed by atoms with Crippen LogP contribution in [-0.4, -0.2) is 61.3 Å². The van der Waals surface area contributed by atoms with E-state index >= 15 is 0 Å². The van der Waals surface area contributed by atoms with Gasteiger partial charge in [-0.3, -0.25) is 4.90 Å². The second-order valence-electron chi connectivity index (χ2n) is 7.31. The maximum Gasteiger partial charge on any atom is 0.226 e. The third-order valence-electron chi connectivity index (χ3n) is 5.00. The first-order valence-electron chi connectivity index (χ1n) is 9.55. The number of aromatic nitrogens is 2. The van der Waals surface area contributed by atoms with Crippen molar-refractivity contribution in [2.24, 2.45) is 0 Å². The van der Waals surface area contributed by atoms with E-state index in [9.17, 15) is 0 Å². The largest absolute Gasteiger partial charge is 0.486 e. The molecule has 1 aromatic heterocycles. The molecule has 0 amide bonds. The van der Waals surface area contributed by atoms with Gasteiger partial charge in [-0.25, -0.2) is 4.98 Å². The molecular weight excluding hydrogens is 342 g/mol. The highest BCUT2D eigenvalue weighted by molar-refractivity contribution is 5.44. The van der Waals surface area contributed by atoms with Crippen molar-refractivity contribution in [2.75, 3.05) is 50.6 Å². The Labute approximate surface area is 160 Å². The van der Waals surface area contributed by atoms with Crippen LogP contribution in [0.5, 0.6) is 11.5 Å². The Morgan fingerprint density at radius 3 is 2.67 bits per heavy atom. The molecule has 1 N–H and O–H groups in total. The number of hydrogen-bond donors (Lipinski definition) is 1. The van der Waals surface area contributed by atoms with Crippen molar-refractivity contribution in [2.45, 2.75) is 25.4 Å². The summed E-state index contributed by atoms with van der Waals surface area (Å²) in [6, 6.07) is 8.67. The lowest BCUT2D eigenvalue weighted by Gasteiger charge is -2.33. The predicted octanol–water partition coefficient (Wildman–Crippen LogP) is 2.39. The Morgan fingerprint density at radius 2 is 1.89 bits per heavy atom. The van der Waals surface area contributed by atoms with Gasteiger partial charge in [0.25, 0.3) is 0 Å². The van der Waals surface area contributed by atoms with E-state index < -0.39 is 0 Å². The molecule has 2 aliphatic rings. The van der Waals surface area contributed by atoms with Gasteiger partial charge in [0.15, 0.2) is 11.5 Å². The van der Waals surface area contributed by atoms with E-state index in [4.69, 9.17) is 9.47 Å². The van der Waals surface area contributed by atoms with Gasteiger partial charge in [-0.15, -0.1) is 0 Å². The average molecular weight is 369 g/mol. The van der Waals surface area contributed by atoms with Gasteiger partial charge in [-0.1, -0.05) is 6.07 Å². The van der Waals surface area contributed by atoms with Crippen LogP contribution in [0.4, 0.5) is 11.8 Å². The molecule has 0 unspecified atom stereocenters. The molecule has 3 heterocycles. The first kappa shape index (κ1) is 17.9. The Bertz CT molecular complexity index is 775. The molecule has 27 heavy (non-hydrogen) atoms. The molecule has 0 atom stereocenters. The molecule has 0 radical (unpaired) electrons. The summed E-state index contributed by atoms with van der Waals surface area (Å²) in [7, 11) is 3.91. The van der Waals surface area contributed by atoms with Gasteiger partial charge in [-0.05, 0) is 36.6 Å².